The number of aliphatic hydroxyl groups excluding tert-OH is 1. The van der Waals surface area contributed by atoms with Crippen LogP contribution in [0.2, 0.25) is 0 Å². The first-order valence-corrected chi connectivity index (χ1v) is 21.0. The third kappa shape index (κ3) is 12.3. The van der Waals surface area contributed by atoms with E-state index in [0.717, 1.165) is 91.9 Å². The molecule has 3 atom stereocenters. The summed E-state index contributed by atoms with van der Waals surface area (Å²) in [5, 5.41) is 15.5. The largest absolute Gasteiger partial charge is 0.397 e. The summed E-state index contributed by atoms with van der Waals surface area (Å²) < 4.78 is 13.4. The molecule has 0 unspecified atom stereocenters. The number of aliphatic hydroxyl groups is 1. The van der Waals surface area contributed by atoms with Crippen LogP contribution in [0.3, 0.4) is 0 Å². The van der Waals surface area contributed by atoms with Crippen molar-refractivity contribution in [3.05, 3.63) is 155 Å². The second-order valence-corrected chi connectivity index (χ2v) is 15.7. The first-order valence-electron chi connectivity index (χ1n) is 21.0. The smallest absolute Gasteiger partial charge is 0.224 e. The average Bonchev–Trinajstić information content (AvgIpc) is 3.27. The number of unbranched alkanes of at least 4 members (excludes halogenated alkanes) is 2. The van der Waals surface area contributed by atoms with E-state index in [-0.39, 0.29) is 30.6 Å². The molecule has 2 aliphatic heterocycles. The SMILES string of the molecule is Nc1ccccc1NC(=O)CCCCCC(=O)NCc1cccc(-c2ccc([C@@H]3O[C@H](CN4CCN(Cc5ccccc5)CC4)C[C@H](c4ccc(CO)cc4)O3)cc2)c1. The Hall–Kier alpha value is -5.36. The van der Waals surface area contributed by atoms with Crippen molar-refractivity contribution in [3.8, 4) is 11.1 Å². The minimum absolute atomic E-state index is 0.0000137. The Morgan fingerprint density at radius 2 is 1.34 bits per heavy atom. The third-order valence-electron chi connectivity index (χ3n) is 11.3. The minimum atomic E-state index is -0.517. The summed E-state index contributed by atoms with van der Waals surface area (Å²) in [6, 6.07) is 42.6. The van der Waals surface area contributed by atoms with Gasteiger partial charge in [-0.05, 0) is 64.4 Å². The number of ether oxygens (including phenoxy) is 2. The molecule has 0 aromatic heterocycles. The van der Waals surface area contributed by atoms with Gasteiger partial charge >= 0.3 is 0 Å². The van der Waals surface area contributed by atoms with Crippen LogP contribution in [0.5, 0.6) is 0 Å². The Morgan fingerprint density at radius 1 is 0.661 bits per heavy atom. The summed E-state index contributed by atoms with van der Waals surface area (Å²) in [7, 11) is 0. The van der Waals surface area contributed by atoms with Crippen LogP contribution in [-0.4, -0.2) is 65.5 Å². The molecule has 2 fully saturated rings. The Balaban J connectivity index is 0.901. The molecule has 0 radical (unpaired) electrons. The second kappa shape index (κ2) is 21.1. The molecular weight excluding hydrogens is 739 g/mol. The number of anilines is 2. The molecule has 0 bridgehead atoms. The van der Waals surface area contributed by atoms with Gasteiger partial charge in [0.1, 0.15) is 0 Å². The molecule has 0 spiro atoms. The quantitative estimate of drug-likeness (QED) is 0.0551. The van der Waals surface area contributed by atoms with Gasteiger partial charge in [-0.2, -0.15) is 0 Å². The normalized spacial score (nSPS) is 18.6. The number of rotatable bonds is 17. The van der Waals surface area contributed by atoms with E-state index in [1.807, 2.05) is 36.4 Å². The number of hydrogen-bond donors (Lipinski definition) is 4. The lowest BCUT2D eigenvalue weighted by Crippen LogP contribution is -2.49. The van der Waals surface area contributed by atoms with Crippen molar-refractivity contribution in [3.63, 3.8) is 0 Å². The lowest BCUT2D eigenvalue weighted by Gasteiger charge is -2.40. The maximum Gasteiger partial charge on any atom is 0.224 e. The molecule has 0 saturated carbocycles. The number of carbonyl (C=O) groups excluding carboxylic acids is 2. The molecule has 2 amide bonds. The molecular formula is C49H57N5O5. The van der Waals surface area contributed by atoms with Crippen LogP contribution in [-0.2, 0) is 38.8 Å². The zero-order valence-electron chi connectivity index (χ0n) is 33.8. The fraction of sp³-hybridized carbons (Fsp3) is 0.347. The van der Waals surface area contributed by atoms with Gasteiger partial charge in [0.15, 0.2) is 6.29 Å². The summed E-state index contributed by atoms with van der Waals surface area (Å²) in [4.78, 5) is 30.0. The molecule has 7 rings (SSSR count). The van der Waals surface area contributed by atoms with Crippen molar-refractivity contribution in [2.75, 3.05) is 43.8 Å². The standard InChI is InChI=1S/C49H57N5O5/c50-44-14-7-8-15-45(44)52-48(57)17-6-2-5-16-47(56)51-32-38-12-9-13-42(30-38)39-22-24-41(25-23-39)49-58-43(31-46(59-49)40-20-18-37(35-55)19-21-40)34-54-28-26-53(27-29-54)33-36-10-3-1-4-11-36/h1,3-4,7-15,18-25,30,43,46,49,55H,2,5-6,16-17,26-29,31-35,50H2,(H,51,56)(H,52,57)/t43-,46+,49+/m0/s1. The second-order valence-electron chi connectivity index (χ2n) is 15.7. The summed E-state index contributed by atoms with van der Waals surface area (Å²) in [6.45, 7) is 6.33. The topological polar surface area (TPSA) is 129 Å². The highest BCUT2D eigenvalue weighted by Gasteiger charge is 2.34. The molecule has 0 aliphatic carbocycles. The predicted molar refractivity (Wildman–Crippen MR) is 233 cm³/mol. The number of amides is 2. The van der Waals surface area contributed by atoms with Crippen molar-refractivity contribution in [1.82, 2.24) is 15.1 Å². The third-order valence-corrected chi connectivity index (χ3v) is 11.3. The van der Waals surface area contributed by atoms with Crippen LogP contribution >= 0.6 is 0 Å². The monoisotopic (exact) mass is 795 g/mol. The number of nitrogen functional groups attached to an aromatic ring is 1. The van der Waals surface area contributed by atoms with Crippen LogP contribution in [0, 0.1) is 0 Å². The molecule has 10 nitrogen and oxygen atoms in total. The van der Waals surface area contributed by atoms with Crippen LogP contribution in [0.25, 0.3) is 11.1 Å². The number of hydrogen-bond acceptors (Lipinski definition) is 8. The van der Waals surface area contributed by atoms with Crippen molar-refractivity contribution in [1.29, 1.82) is 0 Å². The van der Waals surface area contributed by atoms with Gasteiger partial charge in [-0.25, -0.2) is 0 Å². The Kier molecular flexibility index (Phi) is 14.9. The average molecular weight is 796 g/mol. The Labute approximate surface area is 348 Å². The van der Waals surface area contributed by atoms with E-state index in [4.69, 9.17) is 15.2 Å². The van der Waals surface area contributed by atoms with E-state index < -0.39 is 6.29 Å². The van der Waals surface area contributed by atoms with Crippen molar-refractivity contribution in [2.45, 2.75) is 76.7 Å². The Morgan fingerprint density at radius 3 is 2.08 bits per heavy atom. The molecule has 5 aromatic rings. The fourth-order valence-electron chi connectivity index (χ4n) is 7.85. The summed E-state index contributed by atoms with van der Waals surface area (Å²) >= 11 is 0. The first-order chi connectivity index (χ1) is 28.9. The van der Waals surface area contributed by atoms with Crippen LogP contribution in [0.4, 0.5) is 11.4 Å². The zero-order chi connectivity index (χ0) is 40.8. The van der Waals surface area contributed by atoms with Crippen molar-refractivity contribution < 1.29 is 24.2 Å². The molecule has 2 heterocycles. The predicted octanol–water partition coefficient (Wildman–Crippen LogP) is 8.00. The van der Waals surface area contributed by atoms with Gasteiger partial charge in [0.25, 0.3) is 0 Å². The lowest BCUT2D eigenvalue weighted by atomic mass is 9.98. The van der Waals surface area contributed by atoms with Gasteiger partial charge in [0.2, 0.25) is 11.8 Å². The first kappa shape index (κ1) is 41.8. The molecule has 59 heavy (non-hydrogen) atoms. The van der Waals surface area contributed by atoms with Gasteiger partial charge in [-0.1, -0.05) is 116 Å². The number of nitrogens with zero attached hydrogens (tertiary/aromatic N) is 2. The highest BCUT2D eigenvalue weighted by atomic mass is 16.7. The van der Waals surface area contributed by atoms with E-state index in [9.17, 15) is 14.7 Å². The molecule has 2 aliphatic rings. The molecule has 5 aromatic carbocycles. The van der Waals surface area contributed by atoms with E-state index >= 15 is 0 Å². The molecule has 5 N–H and O–H groups in total. The lowest BCUT2D eigenvalue weighted by molar-refractivity contribution is -0.253. The van der Waals surface area contributed by atoms with E-state index in [0.29, 0.717) is 37.2 Å². The summed E-state index contributed by atoms with van der Waals surface area (Å²) in [5.74, 6) is -0.0726. The maximum atomic E-state index is 12.6. The maximum absolute atomic E-state index is 12.6. The number of nitrogens with one attached hydrogen (secondary N) is 2. The summed E-state index contributed by atoms with van der Waals surface area (Å²) in [6.07, 6.45) is 3.12. The van der Waals surface area contributed by atoms with E-state index in [2.05, 4.69) is 99.3 Å². The van der Waals surface area contributed by atoms with Gasteiger partial charge in [-0.15, -0.1) is 0 Å². The van der Waals surface area contributed by atoms with Gasteiger partial charge in [0.05, 0.1) is 30.2 Å². The number of nitrogens with two attached hydrogens (primary N) is 1. The van der Waals surface area contributed by atoms with Crippen molar-refractivity contribution >= 4 is 23.2 Å². The highest BCUT2D eigenvalue weighted by molar-refractivity contribution is 5.93. The minimum Gasteiger partial charge on any atom is -0.397 e. The fourth-order valence-corrected chi connectivity index (χ4v) is 7.85. The number of benzene rings is 5. The highest BCUT2D eigenvalue weighted by Crippen LogP contribution is 2.39. The number of para-hydroxylation sites is 2. The van der Waals surface area contributed by atoms with Crippen LogP contribution in [0.1, 0.15) is 78.7 Å². The number of piperazine rings is 1. The number of carbonyl (C=O) groups is 2. The molecule has 2 saturated heterocycles. The zero-order valence-corrected chi connectivity index (χ0v) is 33.8. The van der Waals surface area contributed by atoms with Crippen LogP contribution in [0.15, 0.2) is 127 Å². The summed E-state index contributed by atoms with van der Waals surface area (Å²) in [5.41, 5.74) is 14.5. The molecule has 10 heteroatoms. The van der Waals surface area contributed by atoms with Gasteiger partial charge in [-0.3, -0.25) is 19.4 Å². The van der Waals surface area contributed by atoms with E-state index in [1.165, 1.54) is 5.56 Å². The molecule has 308 valence electrons. The van der Waals surface area contributed by atoms with E-state index in [1.54, 1.807) is 12.1 Å². The van der Waals surface area contributed by atoms with Crippen molar-refractivity contribution in [2.24, 2.45) is 0 Å². The van der Waals surface area contributed by atoms with Gasteiger partial charge < -0.3 is 30.9 Å². The van der Waals surface area contributed by atoms with Gasteiger partial charge in [0, 0.05) is 70.6 Å². The van der Waals surface area contributed by atoms with Crippen LogP contribution < -0.4 is 16.4 Å². The Bertz CT molecular complexity index is 2090.